The van der Waals surface area contributed by atoms with Crippen LogP contribution in [0.1, 0.15) is 13.8 Å². The fraction of sp³-hybridized carbons (Fsp3) is 1.00. The molecule has 0 aliphatic rings. The molecule has 0 N–H and O–H groups in total. The number of hydrogen-bond acceptors (Lipinski definition) is 1. The van der Waals surface area contributed by atoms with Crippen molar-refractivity contribution in [2.24, 2.45) is 0 Å². The summed E-state index contributed by atoms with van der Waals surface area (Å²) in [6.45, 7) is 4.00. The molecule has 0 saturated heterocycles. The minimum Gasteiger partial charge on any atom is -0.0683 e. The first-order valence-corrected chi connectivity index (χ1v) is 2.54. The van der Waals surface area contributed by atoms with Crippen molar-refractivity contribution in [3.8, 4) is 0 Å². The lowest BCUT2D eigenvalue weighted by atomic mass is 11.0. The summed E-state index contributed by atoms with van der Waals surface area (Å²) >= 11 is 0. The molecular weight excluding hydrogens is 80.1 g/mol. The zero-order valence-electron chi connectivity index (χ0n) is 3.89. The molecule has 0 fully saturated rings. The van der Waals surface area contributed by atoms with Crippen LogP contribution in [0.5, 0.6) is 0 Å². The summed E-state index contributed by atoms with van der Waals surface area (Å²) in [4.78, 5) is 0. The molecule has 0 aliphatic carbocycles. The normalized spacial score (nSPS) is 3.40. The second kappa shape index (κ2) is 62.3. The highest BCUT2D eigenvalue weighted by atomic mass is 28.2. The van der Waals surface area contributed by atoms with Crippen molar-refractivity contribution in [1.29, 1.82) is 5.39 Å². The molecule has 0 aromatic heterocycles. The third-order valence-electron chi connectivity index (χ3n) is 0. The summed E-state index contributed by atoms with van der Waals surface area (Å²) in [5.74, 6) is 0. The third-order valence-corrected chi connectivity index (χ3v) is 0. The topological polar surface area (TPSA) is 28.1 Å². The van der Waals surface area contributed by atoms with Crippen molar-refractivity contribution < 1.29 is 0 Å². The number of rotatable bonds is 0. The Morgan fingerprint density at radius 1 is 1.60 bits per heavy atom. The quantitative estimate of drug-likeness (QED) is 0.306. The predicted molar refractivity (Wildman–Crippen MR) is 26.4 cm³/mol. The Morgan fingerprint density at radius 2 is 1.60 bits per heavy atom. The van der Waals surface area contributed by atoms with E-state index in [-0.39, 0.29) is 0 Å². The second-order valence-electron chi connectivity index (χ2n) is 0.200. The molecule has 0 spiro atoms. The third kappa shape index (κ3) is 73.9. The number of diazo groups is 1. The average molecular weight is 89.2 g/mol. The van der Waals surface area contributed by atoms with E-state index in [2.05, 4.69) is 4.64 Å². The monoisotopic (exact) mass is 89.1 g/mol. The largest absolute Gasteiger partial charge is 0.525 e. The van der Waals surface area contributed by atoms with Crippen LogP contribution in [0, 0.1) is 5.39 Å². The van der Waals surface area contributed by atoms with Gasteiger partial charge in [-0.2, -0.15) is 0 Å². The van der Waals surface area contributed by atoms with Gasteiger partial charge < -0.3 is 0 Å². The molecule has 3 heteroatoms. The molecule has 30 valence electrons. The summed E-state index contributed by atoms with van der Waals surface area (Å²) in [6.07, 6.45) is 0. The summed E-state index contributed by atoms with van der Waals surface area (Å²) in [6, 6.07) is 0. The predicted octanol–water partition coefficient (Wildman–Crippen LogP) is 0.146. The summed E-state index contributed by atoms with van der Waals surface area (Å²) < 4.78 is 2.64. The number of hydrogen-bond donors (Lipinski definition) is 0. The Bertz CT molecular complexity index is 29.1. The van der Waals surface area contributed by atoms with Gasteiger partial charge in [0.25, 0.3) is 0 Å². The lowest BCUT2D eigenvalue weighted by Crippen LogP contribution is -1.20. The van der Waals surface area contributed by atoms with Gasteiger partial charge in [-0.3, -0.25) is 0 Å². The van der Waals surface area contributed by atoms with Crippen molar-refractivity contribution in [2.45, 2.75) is 13.8 Å². The van der Waals surface area contributed by atoms with Gasteiger partial charge in [-0.25, -0.2) is 0 Å². The van der Waals surface area contributed by atoms with Crippen LogP contribution in [0.4, 0.5) is 0 Å². The van der Waals surface area contributed by atoms with Crippen molar-refractivity contribution in [2.75, 3.05) is 0 Å². The van der Waals surface area contributed by atoms with Crippen LogP contribution in [0.3, 0.4) is 0 Å². The molecule has 5 heavy (non-hydrogen) atoms. The van der Waals surface area contributed by atoms with Crippen LogP contribution >= 0.6 is 0 Å². The van der Waals surface area contributed by atoms with Gasteiger partial charge in [-0.1, -0.05) is 13.8 Å². The highest BCUT2D eigenvalue weighted by Crippen LogP contribution is 1.20. The Labute approximate surface area is 35.3 Å². The van der Waals surface area contributed by atoms with E-state index in [0.717, 1.165) is 0 Å². The fourth-order valence-corrected chi connectivity index (χ4v) is 0. The minimum absolute atomic E-state index is 0.549. The summed E-state index contributed by atoms with van der Waals surface area (Å²) in [5.41, 5.74) is 0. The lowest BCUT2D eigenvalue weighted by Gasteiger charge is -1.07. The molecular formula is C2H9N2Si+. The first kappa shape index (κ1) is 8.82. The van der Waals surface area contributed by atoms with Gasteiger partial charge in [0, 0.05) is 0 Å². The van der Waals surface area contributed by atoms with E-state index in [0.29, 0.717) is 10.4 Å². The van der Waals surface area contributed by atoms with Crippen LogP contribution < -0.4 is 0 Å². The molecule has 0 radical (unpaired) electrons. The van der Waals surface area contributed by atoms with Crippen LogP contribution in [-0.2, 0) is 0 Å². The fourth-order valence-electron chi connectivity index (χ4n) is 0. The molecule has 0 amide bonds. The van der Waals surface area contributed by atoms with Gasteiger partial charge in [0.2, 0.25) is 0 Å². The minimum atomic E-state index is 0.549. The Balaban J connectivity index is 0. The zero-order chi connectivity index (χ0) is 4.71. The Hall–Kier alpha value is -0.363. The molecule has 0 atom stereocenters. The van der Waals surface area contributed by atoms with Gasteiger partial charge in [0.05, 0.1) is 0 Å². The first-order chi connectivity index (χ1) is 2.41. The second-order valence-corrected chi connectivity index (χ2v) is 0.600. The van der Waals surface area contributed by atoms with E-state index < -0.39 is 0 Å². The van der Waals surface area contributed by atoms with Crippen LogP contribution in [-0.4, -0.2) is 10.4 Å². The zero-order valence-corrected chi connectivity index (χ0v) is 5.89. The maximum atomic E-state index is 7.26. The lowest BCUT2D eigenvalue weighted by molar-refractivity contribution is 1.50. The average Bonchev–Trinajstić information content (AvgIpc) is 1.46. The Morgan fingerprint density at radius 3 is 1.60 bits per heavy atom. The maximum absolute atomic E-state index is 7.26. The van der Waals surface area contributed by atoms with Gasteiger partial charge >= 0.3 is 10.4 Å². The standard InChI is InChI=1S/C2H6.H3N2Si/c1-2;1-2-3/h1-2H3;3H3/q;+1. The molecule has 0 aliphatic heterocycles. The Kier molecular flexibility index (Phi) is 110. The van der Waals surface area contributed by atoms with Crippen molar-refractivity contribution in [3.63, 3.8) is 0 Å². The molecule has 0 bridgehead atoms. The van der Waals surface area contributed by atoms with Crippen molar-refractivity contribution >= 4 is 10.4 Å². The van der Waals surface area contributed by atoms with E-state index in [9.17, 15) is 0 Å². The molecule has 0 aromatic carbocycles. The molecule has 0 saturated carbocycles. The highest BCUT2D eigenvalue weighted by Gasteiger charge is 1.40. The van der Waals surface area contributed by atoms with E-state index in [4.69, 9.17) is 5.39 Å². The molecule has 0 aromatic rings. The first-order valence-electron chi connectivity index (χ1n) is 1.65. The SMILES string of the molecule is CC.N#[N+][SiH3]. The van der Waals surface area contributed by atoms with Gasteiger partial charge in [0.1, 0.15) is 0 Å². The highest BCUT2D eigenvalue weighted by molar-refractivity contribution is 6.13. The maximum Gasteiger partial charge on any atom is 0.525 e. The van der Waals surface area contributed by atoms with E-state index >= 15 is 0 Å². The van der Waals surface area contributed by atoms with Crippen molar-refractivity contribution in [1.82, 2.24) is 0 Å². The van der Waals surface area contributed by atoms with Crippen LogP contribution in [0.2, 0.25) is 0 Å². The molecule has 0 heterocycles. The van der Waals surface area contributed by atoms with Crippen LogP contribution in [0.15, 0.2) is 0 Å². The van der Waals surface area contributed by atoms with Gasteiger partial charge in [-0.15, -0.1) is 0 Å². The van der Waals surface area contributed by atoms with Gasteiger partial charge in [-0.05, 0) is 4.64 Å². The summed E-state index contributed by atoms with van der Waals surface area (Å²) in [5, 5.41) is 7.26. The van der Waals surface area contributed by atoms with Crippen molar-refractivity contribution in [3.05, 3.63) is 4.64 Å². The molecule has 2 nitrogen and oxygen atoms in total. The smallest absolute Gasteiger partial charge is 0.0683 e. The number of nitrogens with zero attached hydrogens (tertiary/aromatic N) is 2. The summed E-state index contributed by atoms with van der Waals surface area (Å²) in [7, 11) is 0.549. The van der Waals surface area contributed by atoms with E-state index in [1.165, 1.54) is 0 Å². The van der Waals surface area contributed by atoms with Gasteiger partial charge in [0.15, 0.2) is 5.39 Å². The molecule has 0 rings (SSSR count). The van der Waals surface area contributed by atoms with E-state index in [1.54, 1.807) is 0 Å². The molecule has 0 unspecified atom stereocenters. The van der Waals surface area contributed by atoms with E-state index in [1.807, 2.05) is 13.8 Å². The van der Waals surface area contributed by atoms with Crippen LogP contribution in [0.25, 0.3) is 4.64 Å².